The summed E-state index contributed by atoms with van der Waals surface area (Å²) in [5.74, 6) is 0.388. The molecule has 0 atom stereocenters. The summed E-state index contributed by atoms with van der Waals surface area (Å²) < 4.78 is 6.44. The van der Waals surface area contributed by atoms with Crippen molar-refractivity contribution in [2.24, 2.45) is 0 Å². The number of benzene rings is 1. The minimum absolute atomic E-state index is 0.262. The highest BCUT2D eigenvalue weighted by Crippen LogP contribution is 2.28. The Morgan fingerprint density at radius 1 is 1.33 bits per heavy atom. The predicted octanol–water partition coefficient (Wildman–Crippen LogP) is 3.89. The van der Waals surface area contributed by atoms with Gasteiger partial charge in [-0.3, -0.25) is 9.78 Å². The van der Waals surface area contributed by atoms with Gasteiger partial charge >= 0.3 is 0 Å². The highest BCUT2D eigenvalue weighted by Gasteiger charge is 2.08. The molecule has 0 spiro atoms. The smallest absolute Gasteiger partial charge is 0.153 e. The minimum Gasteiger partial charge on any atom is -0.485 e. The number of hydrogen-bond donors (Lipinski definition) is 0. The molecule has 0 aliphatic rings. The Morgan fingerprint density at radius 2 is 2.17 bits per heavy atom. The Labute approximate surface area is 118 Å². The summed E-state index contributed by atoms with van der Waals surface area (Å²) in [6.45, 7) is 0.262. The molecule has 0 aliphatic carbocycles. The second kappa shape index (κ2) is 5.98. The van der Waals surface area contributed by atoms with E-state index < -0.39 is 0 Å². The molecule has 1 heterocycles. The van der Waals surface area contributed by atoms with E-state index in [2.05, 4.69) is 20.9 Å². The molecule has 0 saturated heterocycles. The first kappa shape index (κ1) is 13.1. The number of carbonyl (C=O) groups excluding carboxylic acids is 1. The molecular formula is C13H9BrClNO2. The third kappa shape index (κ3) is 3.09. The summed E-state index contributed by atoms with van der Waals surface area (Å²) in [6.07, 6.45) is 2.40. The van der Waals surface area contributed by atoms with Crippen LogP contribution >= 0.6 is 27.5 Å². The van der Waals surface area contributed by atoms with Crippen molar-refractivity contribution >= 4 is 33.8 Å². The summed E-state index contributed by atoms with van der Waals surface area (Å²) >= 11 is 9.29. The van der Waals surface area contributed by atoms with Gasteiger partial charge in [-0.25, -0.2) is 0 Å². The average Bonchev–Trinajstić information content (AvgIpc) is 2.39. The van der Waals surface area contributed by atoms with Crippen molar-refractivity contribution in [1.29, 1.82) is 0 Å². The first-order chi connectivity index (χ1) is 8.70. The van der Waals surface area contributed by atoms with E-state index in [9.17, 15) is 4.79 Å². The molecule has 0 amide bonds. The van der Waals surface area contributed by atoms with E-state index >= 15 is 0 Å². The second-order valence-corrected chi connectivity index (χ2v) is 4.86. The molecule has 1 aromatic carbocycles. The fraction of sp³-hybridized carbons (Fsp3) is 0.0769. The monoisotopic (exact) mass is 325 g/mol. The number of ether oxygens (including phenoxy) is 1. The molecule has 2 aromatic rings. The van der Waals surface area contributed by atoms with Crippen LogP contribution in [-0.4, -0.2) is 11.3 Å². The van der Waals surface area contributed by atoms with Crippen LogP contribution in [0.25, 0.3) is 0 Å². The molecule has 2 rings (SSSR count). The van der Waals surface area contributed by atoms with Crippen LogP contribution in [0.2, 0.25) is 5.02 Å². The number of hydrogen-bond acceptors (Lipinski definition) is 3. The topological polar surface area (TPSA) is 39.2 Å². The Morgan fingerprint density at radius 3 is 2.83 bits per heavy atom. The maximum absolute atomic E-state index is 10.9. The number of halogens is 2. The molecule has 0 radical (unpaired) electrons. The van der Waals surface area contributed by atoms with Crippen LogP contribution in [0.1, 0.15) is 16.1 Å². The van der Waals surface area contributed by atoms with Crippen molar-refractivity contribution in [3.05, 3.63) is 57.3 Å². The lowest BCUT2D eigenvalue weighted by Crippen LogP contribution is -2.00. The van der Waals surface area contributed by atoms with Crippen LogP contribution in [0.15, 0.2) is 41.0 Å². The Hall–Kier alpha value is -1.39. The quantitative estimate of drug-likeness (QED) is 0.800. The Kier molecular flexibility index (Phi) is 4.33. The van der Waals surface area contributed by atoms with Gasteiger partial charge in [0.2, 0.25) is 0 Å². The number of rotatable bonds is 4. The molecule has 0 bridgehead atoms. The van der Waals surface area contributed by atoms with E-state index in [1.807, 2.05) is 12.1 Å². The van der Waals surface area contributed by atoms with Gasteiger partial charge < -0.3 is 4.74 Å². The standard InChI is InChI=1S/C13H9BrClNO2/c14-10-4-5-11(16-6-10)8-18-13-9(7-17)2-1-3-12(13)15/h1-7H,8H2. The van der Waals surface area contributed by atoms with Gasteiger partial charge in [0.25, 0.3) is 0 Å². The second-order valence-electron chi connectivity index (χ2n) is 3.53. The zero-order valence-corrected chi connectivity index (χ0v) is 11.6. The van der Waals surface area contributed by atoms with E-state index in [-0.39, 0.29) is 6.61 Å². The van der Waals surface area contributed by atoms with Crippen molar-refractivity contribution in [2.75, 3.05) is 0 Å². The van der Waals surface area contributed by atoms with Crippen molar-refractivity contribution in [3.63, 3.8) is 0 Å². The van der Waals surface area contributed by atoms with Crippen LogP contribution < -0.4 is 4.74 Å². The zero-order valence-electron chi connectivity index (χ0n) is 9.27. The van der Waals surface area contributed by atoms with Crippen molar-refractivity contribution in [1.82, 2.24) is 4.98 Å². The Bertz CT molecular complexity index is 557. The number of para-hydroxylation sites is 1. The molecule has 0 unspecified atom stereocenters. The summed E-state index contributed by atoms with van der Waals surface area (Å²) in [6, 6.07) is 8.75. The number of nitrogens with zero attached hydrogens (tertiary/aromatic N) is 1. The van der Waals surface area contributed by atoms with E-state index in [0.717, 1.165) is 16.5 Å². The predicted molar refractivity (Wildman–Crippen MR) is 73.1 cm³/mol. The van der Waals surface area contributed by atoms with Gasteiger partial charge in [0, 0.05) is 10.7 Å². The number of carbonyl (C=O) groups is 1. The number of aldehydes is 1. The SMILES string of the molecule is O=Cc1cccc(Cl)c1OCc1ccc(Br)cn1. The van der Waals surface area contributed by atoms with Crippen LogP contribution in [0.4, 0.5) is 0 Å². The van der Waals surface area contributed by atoms with Crippen LogP contribution in [-0.2, 0) is 6.61 Å². The maximum atomic E-state index is 10.9. The maximum Gasteiger partial charge on any atom is 0.153 e. The summed E-state index contributed by atoms with van der Waals surface area (Å²) in [5, 5.41) is 0.414. The molecule has 3 nitrogen and oxygen atoms in total. The van der Waals surface area contributed by atoms with Gasteiger partial charge in [0.05, 0.1) is 16.3 Å². The molecule has 0 aliphatic heterocycles. The van der Waals surface area contributed by atoms with Gasteiger partial charge in [-0.1, -0.05) is 17.7 Å². The zero-order chi connectivity index (χ0) is 13.0. The lowest BCUT2D eigenvalue weighted by Gasteiger charge is -2.09. The molecule has 18 heavy (non-hydrogen) atoms. The lowest BCUT2D eigenvalue weighted by molar-refractivity contribution is 0.111. The molecule has 1 aromatic heterocycles. The normalized spacial score (nSPS) is 10.1. The third-order valence-corrected chi connectivity index (χ3v) is 3.04. The highest BCUT2D eigenvalue weighted by molar-refractivity contribution is 9.10. The molecule has 5 heteroatoms. The van der Waals surface area contributed by atoms with E-state index in [1.165, 1.54) is 0 Å². The highest BCUT2D eigenvalue weighted by atomic mass is 79.9. The summed E-state index contributed by atoms with van der Waals surface area (Å²) in [7, 11) is 0. The number of aromatic nitrogens is 1. The average molecular weight is 327 g/mol. The molecule has 0 saturated carbocycles. The van der Waals surface area contributed by atoms with Gasteiger partial charge in [-0.05, 0) is 40.2 Å². The van der Waals surface area contributed by atoms with Gasteiger partial charge in [-0.2, -0.15) is 0 Å². The fourth-order valence-corrected chi connectivity index (χ4v) is 1.88. The number of pyridine rings is 1. The van der Waals surface area contributed by atoms with Crippen molar-refractivity contribution < 1.29 is 9.53 Å². The van der Waals surface area contributed by atoms with Crippen molar-refractivity contribution in [2.45, 2.75) is 6.61 Å². The Balaban J connectivity index is 2.15. The first-order valence-electron chi connectivity index (χ1n) is 5.17. The van der Waals surface area contributed by atoms with Crippen molar-refractivity contribution in [3.8, 4) is 5.75 Å². The van der Waals surface area contributed by atoms with E-state index in [0.29, 0.717) is 16.3 Å². The van der Waals surface area contributed by atoms with Crippen LogP contribution in [0.3, 0.4) is 0 Å². The first-order valence-corrected chi connectivity index (χ1v) is 6.34. The fourth-order valence-electron chi connectivity index (χ4n) is 1.41. The van der Waals surface area contributed by atoms with Gasteiger partial charge in [0.1, 0.15) is 12.4 Å². The molecule has 92 valence electrons. The molecular weight excluding hydrogens is 318 g/mol. The van der Waals surface area contributed by atoms with E-state index in [1.54, 1.807) is 24.4 Å². The van der Waals surface area contributed by atoms with Gasteiger partial charge in [0.15, 0.2) is 6.29 Å². The van der Waals surface area contributed by atoms with E-state index in [4.69, 9.17) is 16.3 Å². The largest absolute Gasteiger partial charge is 0.485 e. The summed E-state index contributed by atoms with van der Waals surface area (Å²) in [5.41, 5.74) is 1.19. The third-order valence-electron chi connectivity index (χ3n) is 2.28. The van der Waals surface area contributed by atoms with Crippen LogP contribution in [0, 0.1) is 0 Å². The van der Waals surface area contributed by atoms with Crippen LogP contribution in [0.5, 0.6) is 5.75 Å². The minimum atomic E-state index is 0.262. The molecule has 0 N–H and O–H groups in total. The lowest BCUT2D eigenvalue weighted by atomic mass is 10.2. The molecule has 0 fully saturated rings. The van der Waals surface area contributed by atoms with Gasteiger partial charge in [-0.15, -0.1) is 0 Å². The summed E-state index contributed by atoms with van der Waals surface area (Å²) in [4.78, 5) is 15.1.